The molecule has 1 aliphatic carbocycles. The molecule has 0 unspecified atom stereocenters. The van der Waals surface area contributed by atoms with Crippen molar-refractivity contribution in [2.24, 2.45) is 5.41 Å². The summed E-state index contributed by atoms with van der Waals surface area (Å²) in [6, 6.07) is 0. The number of carbonyl (C=O) groups is 1. The smallest absolute Gasteiger partial charge is 0.262 e. The van der Waals surface area contributed by atoms with Crippen molar-refractivity contribution in [1.82, 2.24) is 5.32 Å². The van der Waals surface area contributed by atoms with Gasteiger partial charge in [-0.1, -0.05) is 46.8 Å². The Morgan fingerprint density at radius 3 is 2.68 bits per heavy atom. The molecule has 1 aromatic rings. The Bertz CT molecular complexity index is 454. The van der Waals surface area contributed by atoms with Gasteiger partial charge in [0.2, 0.25) is 0 Å². The predicted octanol–water partition coefficient (Wildman–Crippen LogP) is 4.79. The second-order valence-electron chi connectivity index (χ2n) is 5.44. The lowest BCUT2D eigenvalue weighted by molar-refractivity contribution is 0.0926. The Labute approximate surface area is 132 Å². The highest BCUT2D eigenvalue weighted by Gasteiger charge is 2.31. The van der Waals surface area contributed by atoms with E-state index < -0.39 is 0 Å². The number of hydrogen-bond donors (Lipinski definition) is 1. The zero-order valence-corrected chi connectivity index (χ0v) is 14.3. The molecule has 1 amide bonds. The summed E-state index contributed by atoms with van der Waals surface area (Å²) >= 11 is 11.2. The summed E-state index contributed by atoms with van der Waals surface area (Å²) in [5, 5.41) is 6.55. The Hall–Kier alpha value is -0.0600. The number of hydrogen-bond acceptors (Lipinski definition) is 2. The van der Waals surface area contributed by atoms with Crippen LogP contribution in [-0.2, 0) is 0 Å². The molecule has 1 aliphatic rings. The van der Waals surface area contributed by atoms with Gasteiger partial charge in [-0.25, -0.2) is 0 Å². The van der Waals surface area contributed by atoms with E-state index >= 15 is 0 Å². The molecule has 1 aromatic heterocycles. The largest absolute Gasteiger partial charge is 0.351 e. The van der Waals surface area contributed by atoms with Gasteiger partial charge in [-0.2, -0.15) is 0 Å². The Balaban J connectivity index is 1.97. The first kappa shape index (κ1) is 15.3. The minimum absolute atomic E-state index is 0.0333. The van der Waals surface area contributed by atoms with Gasteiger partial charge in [-0.05, 0) is 36.1 Å². The average Bonchev–Trinajstić information content (AvgIpc) is 2.77. The van der Waals surface area contributed by atoms with Crippen molar-refractivity contribution >= 4 is 44.8 Å². The summed E-state index contributed by atoms with van der Waals surface area (Å²) in [5.41, 5.74) is 1.21. The highest BCUT2D eigenvalue weighted by Crippen LogP contribution is 2.37. The third kappa shape index (κ3) is 3.53. The molecule has 2 nitrogen and oxygen atoms in total. The number of nitrogens with one attached hydrogen (secondary N) is 1. The molecule has 0 aliphatic heterocycles. The highest BCUT2D eigenvalue weighted by molar-refractivity contribution is 9.09. The maximum absolute atomic E-state index is 12.2. The summed E-state index contributed by atoms with van der Waals surface area (Å²) in [5.74, 6) is -0.0333. The van der Waals surface area contributed by atoms with Crippen molar-refractivity contribution in [2.45, 2.75) is 39.0 Å². The van der Waals surface area contributed by atoms with Gasteiger partial charge in [-0.3, -0.25) is 4.79 Å². The molecule has 2 rings (SSSR count). The molecule has 1 saturated carbocycles. The number of alkyl halides is 1. The van der Waals surface area contributed by atoms with Gasteiger partial charge in [0, 0.05) is 11.9 Å². The number of rotatable bonds is 4. The lowest BCUT2D eigenvalue weighted by Gasteiger charge is -2.35. The minimum atomic E-state index is -0.0333. The summed E-state index contributed by atoms with van der Waals surface area (Å²) < 4.78 is 0. The van der Waals surface area contributed by atoms with Gasteiger partial charge < -0.3 is 5.32 Å². The second-order valence-corrected chi connectivity index (χ2v) is 7.26. The molecule has 0 spiro atoms. The van der Waals surface area contributed by atoms with Crippen LogP contribution in [0, 0.1) is 12.3 Å². The first-order chi connectivity index (χ1) is 9.08. The first-order valence-corrected chi connectivity index (χ1v) is 9.04. The van der Waals surface area contributed by atoms with Crippen LogP contribution in [0.1, 0.15) is 47.3 Å². The van der Waals surface area contributed by atoms with Gasteiger partial charge in [-0.15, -0.1) is 11.3 Å². The fourth-order valence-corrected chi connectivity index (χ4v) is 4.54. The van der Waals surface area contributed by atoms with Crippen LogP contribution >= 0.6 is 38.9 Å². The lowest BCUT2D eigenvalue weighted by atomic mass is 9.75. The molecule has 106 valence electrons. The average molecular weight is 365 g/mol. The van der Waals surface area contributed by atoms with E-state index in [1.165, 1.54) is 43.4 Å². The minimum Gasteiger partial charge on any atom is -0.351 e. The SMILES string of the molecule is Cc1csc(C(=O)NCC2(CBr)CCCCC2)c1Cl. The van der Waals surface area contributed by atoms with Crippen LogP contribution in [0.15, 0.2) is 5.38 Å². The van der Waals surface area contributed by atoms with Crippen LogP contribution in [0.4, 0.5) is 0 Å². The van der Waals surface area contributed by atoms with Crippen LogP contribution < -0.4 is 5.32 Å². The molecular weight excluding hydrogens is 346 g/mol. The van der Waals surface area contributed by atoms with Gasteiger partial charge in [0.25, 0.3) is 5.91 Å². The van der Waals surface area contributed by atoms with Crippen LogP contribution in [0.3, 0.4) is 0 Å². The lowest BCUT2D eigenvalue weighted by Crippen LogP contribution is -2.40. The van der Waals surface area contributed by atoms with Gasteiger partial charge in [0.1, 0.15) is 4.88 Å². The molecule has 0 aromatic carbocycles. The first-order valence-electron chi connectivity index (χ1n) is 6.66. The molecule has 0 radical (unpaired) electrons. The third-order valence-corrected chi connectivity index (χ3v) is 6.81. The number of halogens is 2. The van der Waals surface area contributed by atoms with Gasteiger partial charge >= 0.3 is 0 Å². The maximum atomic E-state index is 12.2. The topological polar surface area (TPSA) is 29.1 Å². The predicted molar refractivity (Wildman–Crippen MR) is 85.7 cm³/mol. The molecule has 1 heterocycles. The van der Waals surface area contributed by atoms with E-state index in [1.807, 2.05) is 12.3 Å². The summed E-state index contributed by atoms with van der Waals surface area (Å²) in [4.78, 5) is 12.8. The molecule has 1 N–H and O–H groups in total. The Morgan fingerprint density at radius 2 is 2.16 bits per heavy atom. The van der Waals surface area contributed by atoms with Crippen molar-refractivity contribution in [3.63, 3.8) is 0 Å². The van der Waals surface area contributed by atoms with Crippen molar-refractivity contribution in [3.8, 4) is 0 Å². The van der Waals surface area contributed by atoms with Gasteiger partial charge in [0.15, 0.2) is 0 Å². The fraction of sp³-hybridized carbons (Fsp3) is 0.643. The molecule has 1 fully saturated rings. The van der Waals surface area contributed by atoms with Crippen molar-refractivity contribution in [1.29, 1.82) is 0 Å². The summed E-state index contributed by atoms with van der Waals surface area (Å²) in [7, 11) is 0. The molecule has 5 heteroatoms. The fourth-order valence-electron chi connectivity index (χ4n) is 2.59. The van der Waals surface area contributed by atoms with E-state index in [-0.39, 0.29) is 11.3 Å². The number of amides is 1. The summed E-state index contributed by atoms with van der Waals surface area (Å²) in [6.07, 6.45) is 6.23. The van der Waals surface area contributed by atoms with E-state index in [0.29, 0.717) is 9.90 Å². The molecule has 0 atom stereocenters. The van der Waals surface area contributed by atoms with Crippen molar-refractivity contribution < 1.29 is 4.79 Å². The second kappa shape index (κ2) is 6.59. The number of thiophene rings is 1. The quantitative estimate of drug-likeness (QED) is 0.765. The number of carbonyl (C=O) groups excluding carboxylic acids is 1. The monoisotopic (exact) mass is 363 g/mol. The van der Waals surface area contributed by atoms with Crippen LogP contribution in [-0.4, -0.2) is 17.8 Å². The molecule has 0 saturated heterocycles. The van der Waals surface area contributed by atoms with Crippen molar-refractivity contribution in [3.05, 3.63) is 20.8 Å². The molecular formula is C14H19BrClNOS. The van der Waals surface area contributed by atoms with E-state index in [9.17, 15) is 4.79 Å². The van der Waals surface area contributed by atoms with Crippen molar-refractivity contribution in [2.75, 3.05) is 11.9 Å². The highest BCUT2D eigenvalue weighted by atomic mass is 79.9. The standard InChI is InChI=1S/C14H19BrClNOS/c1-10-7-19-12(11(10)16)13(18)17-9-14(8-15)5-3-2-4-6-14/h7H,2-6,8-9H2,1H3,(H,17,18). The number of aryl methyl sites for hydroxylation is 1. The Kier molecular flexibility index (Phi) is 5.32. The third-order valence-electron chi connectivity index (χ3n) is 3.93. The van der Waals surface area contributed by atoms with Gasteiger partial charge in [0.05, 0.1) is 5.02 Å². The van der Waals surface area contributed by atoms with Crippen LogP contribution in [0.25, 0.3) is 0 Å². The Morgan fingerprint density at radius 1 is 1.47 bits per heavy atom. The van der Waals surface area contributed by atoms with E-state index in [2.05, 4.69) is 21.2 Å². The normalized spacial score (nSPS) is 18.3. The van der Waals surface area contributed by atoms with Crippen LogP contribution in [0.5, 0.6) is 0 Å². The van der Waals surface area contributed by atoms with E-state index in [0.717, 1.165) is 17.4 Å². The zero-order chi connectivity index (χ0) is 13.9. The molecule has 0 bridgehead atoms. The van der Waals surface area contributed by atoms with E-state index in [4.69, 9.17) is 11.6 Å². The van der Waals surface area contributed by atoms with E-state index in [1.54, 1.807) is 0 Å². The maximum Gasteiger partial charge on any atom is 0.262 e. The summed E-state index contributed by atoms with van der Waals surface area (Å²) in [6.45, 7) is 2.67. The molecule has 19 heavy (non-hydrogen) atoms. The zero-order valence-electron chi connectivity index (χ0n) is 11.1. The van der Waals surface area contributed by atoms with Crippen LogP contribution in [0.2, 0.25) is 5.02 Å².